The summed E-state index contributed by atoms with van der Waals surface area (Å²) in [6.07, 6.45) is 2.52. The Balaban J connectivity index is 1.64. The van der Waals surface area contributed by atoms with Crippen molar-refractivity contribution in [3.63, 3.8) is 0 Å². The molecular formula is C14H15F2N3O. The first-order valence-corrected chi connectivity index (χ1v) is 6.64. The Bertz CT molecular complexity index is 544. The molecule has 0 aliphatic heterocycles. The van der Waals surface area contributed by atoms with Gasteiger partial charge in [0.2, 0.25) is 5.92 Å². The molecule has 0 unspecified atom stereocenters. The van der Waals surface area contributed by atoms with Crippen molar-refractivity contribution in [3.05, 3.63) is 36.0 Å². The van der Waals surface area contributed by atoms with Gasteiger partial charge in [0.25, 0.3) is 5.88 Å². The SMILES string of the molecule is FC1(F)CCC(c2ccc(Oc3cn[nH]n3)cc2)CC1. The second-order valence-electron chi connectivity index (χ2n) is 5.11. The summed E-state index contributed by atoms with van der Waals surface area (Å²) in [6.45, 7) is 0. The van der Waals surface area contributed by atoms with Crippen LogP contribution in [0.5, 0.6) is 11.6 Å². The van der Waals surface area contributed by atoms with Crippen molar-refractivity contribution in [2.45, 2.75) is 37.5 Å². The Morgan fingerprint density at radius 3 is 2.45 bits per heavy atom. The molecule has 1 heterocycles. The van der Waals surface area contributed by atoms with Gasteiger partial charge in [-0.2, -0.15) is 10.3 Å². The zero-order chi connectivity index (χ0) is 14.0. The summed E-state index contributed by atoms with van der Waals surface area (Å²) >= 11 is 0. The first-order valence-electron chi connectivity index (χ1n) is 6.64. The number of aromatic nitrogens is 3. The number of H-pyrrole nitrogens is 1. The van der Waals surface area contributed by atoms with Crippen molar-refractivity contribution < 1.29 is 13.5 Å². The van der Waals surface area contributed by atoms with Gasteiger partial charge in [-0.25, -0.2) is 8.78 Å². The number of rotatable bonds is 3. The van der Waals surface area contributed by atoms with Gasteiger partial charge in [0.15, 0.2) is 0 Å². The van der Waals surface area contributed by atoms with Crippen LogP contribution in [0.3, 0.4) is 0 Å². The van der Waals surface area contributed by atoms with E-state index in [-0.39, 0.29) is 18.8 Å². The maximum absolute atomic E-state index is 13.1. The van der Waals surface area contributed by atoms with Gasteiger partial charge in [-0.05, 0) is 36.5 Å². The second kappa shape index (κ2) is 5.19. The van der Waals surface area contributed by atoms with Crippen LogP contribution >= 0.6 is 0 Å². The monoisotopic (exact) mass is 279 g/mol. The van der Waals surface area contributed by atoms with Crippen molar-refractivity contribution >= 4 is 0 Å². The van der Waals surface area contributed by atoms with Crippen molar-refractivity contribution in [2.24, 2.45) is 0 Å². The fourth-order valence-electron chi connectivity index (χ4n) is 2.54. The summed E-state index contributed by atoms with van der Waals surface area (Å²) in [7, 11) is 0. The predicted molar refractivity (Wildman–Crippen MR) is 69.1 cm³/mol. The van der Waals surface area contributed by atoms with Crippen molar-refractivity contribution in [1.29, 1.82) is 0 Å². The van der Waals surface area contributed by atoms with Gasteiger partial charge in [0.1, 0.15) is 11.9 Å². The van der Waals surface area contributed by atoms with Gasteiger partial charge in [0.05, 0.1) is 0 Å². The molecule has 1 aromatic carbocycles. The maximum Gasteiger partial charge on any atom is 0.258 e. The molecule has 0 radical (unpaired) electrons. The lowest BCUT2D eigenvalue weighted by Crippen LogP contribution is -2.23. The lowest BCUT2D eigenvalue weighted by Gasteiger charge is -2.28. The molecule has 106 valence electrons. The number of nitrogens with one attached hydrogen (secondary N) is 1. The summed E-state index contributed by atoms with van der Waals surface area (Å²) in [5.41, 5.74) is 1.09. The van der Waals surface area contributed by atoms with E-state index in [9.17, 15) is 8.78 Å². The lowest BCUT2D eigenvalue weighted by atomic mass is 9.82. The van der Waals surface area contributed by atoms with Crippen LogP contribution in [0.1, 0.15) is 37.2 Å². The van der Waals surface area contributed by atoms with E-state index in [0.29, 0.717) is 24.5 Å². The minimum absolute atomic E-state index is 0.0190. The zero-order valence-corrected chi connectivity index (χ0v) is 10.9. The Morgan fingerprint density at radius 1 is 1.15 bits per heavy atom. The first-order chi connectivity index (χ1) is 9.62. The van der Waals surface area contributed by atoms with Crippen LogP contribution in [0.25, 0.3) is 0 Å². The summed E-state index contributed by atoms with van der Waals surface area (Å²) < 4.78 is 31.7. The molecule has 6 heteroatoms. The Labute approximate surface area is 115 Å². The van der Waals surface area contributed by atoms with Crippen molar-refractivity contribution in [1.82, 2.24) is 15.4 Å². The number of aromatic amines is 1. The minimum atomic E-state index is -2.48. The lowest BCUT2D eigenvalue weighted by molar-refractivity contribution is -0.0382. The van der Waals surface area contributed by atoms with Gasteiger partial charge in [-0.3, -0.25) is 0 Å². The Hall–Kier alpha value is -1.98. The average Bonchev–Trinajstić information content (AvgIpc) is 2.93. The highest BCUT2D eigenvalue weighted by atomic mass is 19.3. The number of nitrogens with zero attached hydrogens (tertiary/aromatic N) is 2. The minimum Gasteiger partial charge on any atom is -0.436 e. The van der Waals surface area contributed by atoms with Gasteiger partial charge in [-0.1, -0.05) is 12.1 Å². The first kappa shape index (κ1) is 13.0. The van der Waals surface area contributed by atoms with E-state index in [2.05, 4.69) is 15.4 Å². The number of benzene rings is 1. The molecule has 1 aliphatic rings. The van der Waals surface area contributed by atoms with E-state index in [1.165, 1.54) is 6.20 Å². The average molecular weight is 279 g/mol. The summed E-state index contributed by atoms with van der Waals surface area (Å²) in [5.74, 6) is -1.21. The molecule has 1 aromatic heterocycles. The number of hydrogen-bond acceptors (Lipinski definition) is 3. The number of ether oxygens (including phenoxy) is 1. The normalized spacial score (nSPS) is 18.9. The van der Waals surface area contributed by atoms with E-state index in [1.807, 2.05) is 24.3 Å². The highest BCUT2D eigenvalue weighted by Crippen LogP contribution is 2.41. The van der Waals surface area contributed by atoms with E-state index in [0.717, 1.165) is 5.56 Å². The highest BCUT2D eigenvalue weighted by molar-refractivity contribution is 5.31. The molecule has 3 rings (SSSR count). The van der Waals surface area contributed by atoms with E-state index in [1.54, 1.807) is 0 Å². The Kier molecular flexibility index (Phi) is 3.38. The van der Waals surface area contributed by atoms with Gasteiger partial charge in [0, 0.05) is 12.8 Å². The van der Waals surface area contributed by atoms with Crippen molar-refractivity contribution in [3.8, 4) is 11.6 Å². The van der Waals surface area contributed by atoms with E-state index in [4.69, 9.17) is 4.74 Å². The highest BCUT2D eigenvalue weighted by Gasteiger charge is 2.35. The third-order valence-corrected chi connectivity index (χ3v) is 3.68. The van der Waals surface area contributed by atoms with Gasteiger partial charge in [-0.15, -0.1) is 5.10 Å². The van der Waals surface area contributed by atoms with Crippen molar-refractivity contribution in [2.75, 3.05) is 0 Å². The molecule has 20 heavy (non-hydrogen) atoms. The molecule has 4 nitrogen and oxygen atoms in total. The molecule has 2 aromatic rings. The molecule has 0 atom stereocenters. The third-order valence-electron chi connectivity index (χ3n) is 3.68. The number of halogens is 2. The third kappa shape index (κ3) is 2.95. The predicted octanol–water partition coefficient (Wildman–Crippen LogP) is 3.89. The van der Waals surface area contributed by atoms with Gasteiger partial charge < -0.3 is 4.74 Å². The molecule has 1 fully saturated rings. The number of alkyl halides is 2. The quantitative estimate of drug-likeness (QED) is 0.927. The molecule has 0 saturated heterocycles. The summed E-state index contributed by atoms with van der Waals surface area (Å²) in [6, 6.07) is 7.53. The van der Waals surface area contributed by atoms with Crippen LogP contribution in [0, 0.1) is 0 Å². The summed E-state index contributed by atoms with van der Waals surface area (Å²) in [5, 5.41) is 9.91. The molecule has 0 spiro atoms. The largest absolute Gasteiger partial charge is 0.436 e. The molecular weight excluding hydrogens is 264 g/mol. The topological polar surface area (TPSA) is 50.8 Å². The fraction of sp³-hybridized carbons (Fsp3) is 0.429. The second-order valence-corrected chi connectivity index (χ2v) is 5.11. The van der Waals surface area contributed by atoms with Crippen LogP contribution in [0.2, 0.25) is 0 Å². The zero-order valence-electron chi connectivity index (χ0n) is 10.9. The van der Waals surface area contributed by atoms with E-state index < -0.39 is 5.92 Å². The maximum atomic E-state index is 13.1. The molecule has 1 N–H and O–H groups in total. The smallest absolute Gasteiger partial charge is 0.258 e. The van der Waals surface area contributed by atoms with Crippen LogP contribution in [-0.4, -0.2) is 21.3 Å². The van der Waals surface area contributed by atoms with Crippen LogP contribution in [0.15, 0.2) is 30.5 Å². The Morgan fingerprint density at radius 2 is 1.85 bits per heavy atom. The van der Waals surface area contributed by atoms with Crippen LogP contribution in [0.4, 0.5) is 8.78 Å². The van der Waals surface area contributed by atoms with E-state index >= 15 is 0 Å². The molecule has 1 aliphatic carbocycles. The molecule has 0 amide bonds. The molecule has 0 bridgehead atoms. The van der Waals surface area contributed by atoms with Crippen LogP contribution < -0.4 is 4.74 Å². The fourth-order valence-corrected chi connectivity index (χ4v) is 2.54. The standard InChI is InChI=1S/C14H15F2N3O/c15-14(16)7-5-11(6-8-14)10-1-3-12(4-2-10)20-13-9-17-19-18-13/h1-4,9,11H,5-8H2,(H,17,18,19). The molecule has 1 saturated carbocycles. The van der Waals surface area contributed by atoms with Crippen LogP contribution in [-0.2, 0) is 0 Å². The van der Waals surface area contributed by atoms with Gasteiger partial charge >= 0.3 is 0 Å². The number of hydrogen-bond donors (Lipinski definition) is 1. The summed E-state index contributed by atoms with van der Waals surface area (Å²) in [4.78, 5) is 0.